The number of hydrogen-bond donors (Lipinski definition) is 2. The predicted octanol–water partition coefficient (Wildman–Crippen LogP) is 2.10. The van der Waals surface area contributed by atoms with Gasteiger partial charge in [0.15, 0.2) is 0 Å². The van der Waals surface area contributed by atoms with E-state index < -0.39 is 5.97 Å². The van der Waals surface area contributed by atoms with E-state index in [1.165, 1.54) is 0 Å². The molecular formula is C10H10BrNO3. The van der Waals surface area contributed by atoms with E-state index in [0.717, 1.165) is 15.9 Å². The molecule has 0 saturated heterocycles. The molecule has 0 saturated carbocycles. The van der Waals surface area contributed by atoms with Crippen LogP contribution in [0.1, 0.15) is 6.42 Å². The first-order valence-corrected chi connectivity index (χ1v) is 5.35. The standard InChI is InChI=1S/C10H10BrNO3/c11-6-1-2-8-9(3-6)15-5-7(12-8)4-10(13)14/h1-3,7,12H,4-5H2,(H,13,14)/t7-/m1/s1. The largest absolute Gasteiger partial charge is 0.489 e. The molecule has 0 radical (unpaired) electrons. The van der Waals surface area contributed by atoms with Gasteiger partial charge in [-0.3, -0.25) is 4.79 Å². The summed E-state index contributed by atoms with van der Waals surface area (Å²) in [6.07, 6.45) is 0.0650. The topological polar surface area (TPSA) is 58.6 Å². The Bertz CT molecular complexity index is 394. The third kappa shape index (κ3) is 2.41. The normalized spacial score (nSPS) is 18.6. The first kappa shape index (κ1) is 10.3. The summed E-state index contributed by atoms with van der Waals surface area (Å²) in [5.74, 6) is -0.0670. The smallest absolute Gasteiger partial charge is 0.305 e. The monoisotopic (exact) mass is 271 g/mol. The molecule has 1 atom stereocenters. The van der Waals surface area contributed by atoms with Gasteiger partial charge in [0.05, 0.1) is 18.2 Å². The minimum absolute atomic E-state index is 0.0650. The van der Waals surface area contributed by atoms with E-state index in [4.69, 9.17) is 9.84 Å². The molecule has 0 fully saturated rings. The first-order chi connectivity index (χ1) is 7.15. The molecule has 0 bridgehead atoms. The quantitative estimate of drug-likeness (QED) is 0.865. The minimum Gasteiger partial charge on any atom is -0.489 e. The van der Waals surface area contributed by atoms with Crippen molar-refractivity contribution in [1.29, 1.82) is 0 Å². The molecule has 15 heavy (non-hydrogen) atoms. The highest BCUT2D eigenvalue weighted by Crippen LogP contribution is 2.32. The molecule has 1 aliphatic heterocycles. The van der Waals surface area contributed by atoms with Crippen LogP contribution in [-0.4, -0.2) is 23.7 Å². The number of anilines is 1. The maximum atomic E-state index is 10.5. The van der Waals surface area contributed by atoms with Gasteiger partial charge in [-0.15, -0.1) is 0 Å². The third-order valence-electron chi connectivity index (χ3n) is 2.16. The van der Waals surface area contributed by atoms with E-state index in [9.17, 15) is 4.79 Å². The van der Waals surface area contributed by atoms with Crippen LogP contribution in [0, 0.1) is 0 Å². The van der Waals surface area contributed by atoms with Crippen LogP contribution in [0.2, 0.25) is 0 Å². The lowest BCUT2D eigenvalue weighted by Crippen LogP contribution is -2.33. The fourth-order valence-corrected chi connectivity index (χ4v) is 1.85. The zero-order valence-electron chi connectivity index (χ0n) is 7.87. The number of ether oxygens (including phenoxy) is 1. The highest BCUT2D eigenvalue weighted by atomic mass is 79.9. The third-order valence-corrected chi connectivity index (χ3v) is 2.66. The Morgan fingerprint density at radius 1 is 1.67 bits per heavy atom. The van der Waals surface area contributed by atoms with Crippen LogP contribution in [0.5, 0.6) is 5.75 Å². The van der Waals surface area contributed by atoms with Gasteiger partial charge in [-0.2, -0.15) is 0 Å². The lowest BCUT2D eigenvalue weighted by Gasteiger charge is -2.26. The number of hydrogen-bond acceptors (Lipinski definition) is 3. The summed E-state index contributed by atoms with van der Waals surface area (Å²) in [6.45, 7) is 0.385. The van der Waals surface area contributed by atoms with Crippen LogP contribution in [0.25, 0.3) is 0 Å². The molecule has 0 amide bonds. The number of carbonyl (C=O) groups is 1. The number of carboxylic acids is 1. The van der Waals surface area contributed by atoms with Crippen molar-refractivity contribution in [2.24, 2.45) is 0 Å². The Hall–Kier alpha value is -1.23. The maximum Gasteiger partial charge on any atom is 0.305 e. The minimum atomic E-state index is -0.823. The second-order valence-corrected chi connectivity index (χ2v) is 4.31. The van der Waals surface area contributed by atoms with Gasteiger partial charge in [0.1, 0.15) is 12.4 Å². The van der Waals surface area contributed by atoms with Gasteiger partial charge in [-0.05, 0) is 18.2 Å². The molecule has 0 aromatic heterocycles. The van der Waals surface area contributed by atoms with Crippen molar-refractivity contribution in [3.05, 3.63) is 22.7 Å². The van der Waals surface area contributed by atoms with Gasteiger partial charge in [0.25, 0.3) is 0 Å². The van der Waals surface area contributed by atoms with E-state index in [1.54, 1.807) is 0 Å². The summed E-state index contributed by atoms with van der Waals surface area (Å²) < 4.78 is 6.41. The molecule has 1 heterocycles. The second kappa shape index (κ2) is 4.10. The van der Waals surface area contributed by atoms with Crippen LogP contribution < -0.4 is 10.1 Å². The Kier molecular flexibility index (Phi) is 2.81. The lowest BCUT2D eigenvalue weighted by atomic mass is 10.1. The summed E-state index contributed by atoms with van der Waals surface area (Å²) in [6, 6.07) is 5.46. The molecule has 2 rings (SSSR count). The van der Waals surface area contributed by atoms with E-state index in [1.807, 2.05) is 18.2 Å². The van der Waals surface area contributed by atoms with E-state index in [2.05, 4.69) is 21.2 Å². The molecule has 0 unspecified atom stereocenters. The molecule has 1 aliphatic rings. The van der Waals surface area contributed by atoms with E-state index in [-0.39, 0.29) is 12.5 Å². The SMILES string of the molecule is O=C(O)C[C@@H]1COc2cc(Br)ccc2N1. The Labute approximate surface area is 95.4 Å². The zero-order chi connectivity index (χ0) is 10.8. The Balaban J connectivity index is 2.13. The number of benzene rings is 1. The molecule has 2 N–H and O–H groups in total. The highest BCUT2D eigenvalue weighted by Gasteiger charge is 2.20. The molecule has 1 aromatic rings. The van der Waals surface area contributed by atoms with Crippen molar-refractivity contribution in [3.63, 3.8) is 0 Å². The number of fused-ring (bicyclic) bond motifs is 1. The Morgan fingerprint density at radius 2 is 2.47 bits per heavy atom. The molecule has 4 nitrogen and oxygen atoms in total. The summed E-state index contributed by atoms with van der Waals surface area (Å²) >= 11 is 3.34. The zero-order valence-corrected chi connectivity index (χ0v) is 9.45. The second-order valence-electron chi connectivity index (χ2n) is 3.39. The average Bonchev–Trinajstić information content (AvgIpc) is 2.17. The molecular weight excluding hydrogens is 262 g/mol. The van der Waals surface area contributed by atoms with Gasteiger partial charge in [0.2, 0.25) is 0 Å². The Morgan fingerprint density at radius 3 is 3.20 bits per heavy atom. The summed E-state index contributed by atoms with van der Waals surface area (Å²) in [4.78, 5) is 10.5. The number of nitrogens with one attached hydrogen (secondary N) is 1. The van der Waals surface area contributed by atoms with Gasteiger partial charge >= 0.3 is 5.97 Å². The number of halogens is 1. The van der Waals surface area contributed by atoms with Crippen molar-refractivity contribution in [1.82, 2.24) is 0 Å². The van der Waals surface area contributed by atoms with Crippen molar-refractivity contribution < 1.29 is 14.6 Å². The van der Waals surface area contributed by atoms with Gasteiger partial charge < -0.3 is 15.2 Å². The van der Waals surface area contributed by atoms with Gasteiger partial charge in [-0.25, -0.2) is 0 Å². The molecule has 5 heteroatoms. The van der Waals surface area contributed by atoms with Crippen LogP contribution in [-0.2, 0) is 4.79 Å². The number of rotatable bonds is 2. The lowest BCUT2D eigenvalue weighted by molar-refractivity contribution is -0.137. The fraction of sp³-hybridized carbons (Fsp3) is 0.300. The maximum absolute atomic E-state index is 10.5. The van der Waals surface area contributed by atoms with Crippen molar-refractivity contribution >= 4 is 27.6 Å². The highest BCUT2D eigenvalue weighted by molar-refractivity contribution is 9.10. The summed E-state index contributed by atoms with van der Waals surface area (Å²) in [7, 11) is 0. The van der Waals surface area contributed by atoms with Gasteiger partial charge in [-0.1, -0.05) is 15.9 Å². The van der Waals surface area contributed by atoms with Crippen LogP contribution in [0.15, 0.2) is 22.7 Å². The van der Waals surface area contributed by atoms with E-state index >= 15 is 0 Å². The summed E-state index contributed by atoms with van der Waals surface area (Å²) in [5.41, 5.74) is 0.843. The van der Waals surface area contributed by atoms with Crippen LogP contribution >= 0.6 is 15.9 Å². The van der Waals surface area contributed by atoms with Crippen LogP contribution in [0.4, 0.5) is 5.69 Å². The first-order valence-electron chi connectivity index (χ1n) is 4.56. The van der Waals surface area contributed by atoms with Crippen molar-refractivity contribution in [2.75, 3.05) is 11.9 Å². The fourth-order valence-electron chi connectivity index (χ4n) is 1.51. The number of aliphatic carboxylic acids is 1. The molecule has 80 valence electrons. The molecule has 0 spiro atoms. The molecule has 0 aliphatic carbocycles. The number of carboxylic acid groups (broad SMARTS) is 1. The van der Waals surface area contributed by atoms with Gasteiger partial charge in [0, 0.05) is 4.47 Å². The van der Waals surface area contributed by atoms with Crippen molar-refractivity contribution in [3.8, 4) is 5.75 Å². The summed E-state index contributed by atoms with van der Waals surface area (Å²) in [5, 5.41) is 11.8. The van der Waals surface area contributed by atoms with Crippen molar-refractivity contribution in [2.45, 2.75) is 12.5 Å². The molecule has 1 aromatic carbocycles. The van der Waals surface area contributed by atoms with Crippen LogP contribution in [0.3, 0.4) is 0 Å². The predicted molar refractivity (Wildman–Crippen MR) is 59.3 cm³/mol. The average molecular weight is 272 g/mol. The van der Waals surface area contributed by atoms with E-state index in [0.29, 0.717) is 6.61 Å².